The molecule has 0 spiro atoms. The van der Waals surface area contributed by atoms with Gasteiger partial charge in [0.05, 0.1) is 0 Å². The molecular formula is C14H20N2O5. The van der Waals surface area contributed by atoms with Crippen LogP contribution in [-0.2, 0) is 9.59 Å². The van der Waals surface area contributed by atoms with Crippen LogP contribution in [0.4, 0.5) is 5.69 Å². The zero-order valence-corrected chi connectivity index (χ0v) is 11.6. The molecule has 7 nitrogen and oxygen atoms in total. The van der Waals surface area contributed by atoms with E-state index in [-0.39, 0.29) is 23.8 Å². The summed E-state index contributed by atoms with van der Waals surface area (Å²) in [5.74, 6) is -1.09. The average molecular weight is 296 g/mol. The monoisotopic (exact) mass is 296 g/mol. The van der Waals surface area contributed by atoms with Crippen molar-refractivity contribution < 1.29 is 25.0 Å². The maximum atomic E-state index is 11.6. The molecule has 5 N–H and O–H groups in total. The number of hydrogen-bond acceptors (Lipinski definition) is 5. The molecule has 0 saturated carbocycles. The normalized spacial score (nSPS) is 10.1. The van der Waals surface area contributed by atoms with Gasteiger partial charge in [-0.25, -0.2) is 5.48 Å². The molecular weight excluding hydrogens is 276 g/mol. The summed E-state index contributed by atoms with van der Waals surface area (Å²) in [5.41, 5.74) is 1.99. The second-order valence-corrected chi connectivity index (χ2v) is 4.70. The van der Waals surface area contributed by atoms with Gasteiger partial charge in [-0.15, -0.1) is 0 Å². The van der Waals surface area contributed by atoms with Crippen molar-refractivity contribution in [3.63, 3.8) is 0 Å². The second-order valence-electron chi connectivity index (χ2n) is 4.70. The van der Waals surface area contributed by atoms with Crippen molar-refractivity contribution in [2.45, 2.75) is 38.5 Å². The van der Waals surface area contributed by atoms with E-state index in [9.17, 15) is 14.7 Å². The van der Waals surface area contributed by atoms with Crippen molar-refractivity contribution in [3.8, 4) is 11.5 Å². The lowest BCUT2D eigenvalue weighted by atomic mass is 10.1. The first kappa shape index (κ1) is 16.8. The number of hydrogen-bond donors (Lipinski definition) is 5. The van der Waals surface area contributed by atoms with Crippen LogP contribution < -0.4 is 10.8 Å². The van der Waals surface area contributed by atoms with Crippen LogP contribution in [0.1, 0.15) is 38.5 Å². The van der Waals surface area contributed by atoms with Gasteiger partial charge in [0.25, 0.3) is 0 Å². The zero-order chi connectivity index (χ0) is 15.7. The number of carbonyl (C=O) groups is 2. The molecule has 0 aliphatic heterocycles. The molecule has 1 aromatic rings. The van der Waals surface area contributed by atoms with Crippen LogP contribution >= 0.6 is 0 Å². The number of nitrogens with one attached hydrogen (secondary N) is 2. The Labute approximate surface area is 122 Å². The van der Waals surface area contributed by atoms with Crippen molar-refractivity contribution in [1.82, 2.24) is 5.48 Å². The van der Waals surface area contributed by atoms with E-state index in [2.05, 4.69) is 5.32 Å². The molecule has 116 valence electrons. The number of rotatable bonds is 8. The van der Waals surface area contributed by atoms with E-state index in [1.165, 1.54) is 18.2 Å². The molecule has 7 heteroatoms. The topological polar surface area (TPSA) is 119 Å². The summed E-state index contributed by atoms with van der Waals surface area (Å²) in [6, 6.07) is 4.08. The highest BCUT2D eigenvalue weighted by molar-refractivity contribution is 5.91. The number of aromatic hydroxyl groups is 2. The fourth-order valence-electron chi connectivity index (χ4n) is 1.81. The third-order valence-electron chi connectivity index (χ3n) is 2.94. The van der Waals surface area contributed by atoms with Gasteiger partial charge >= 0.3 is 0 Å². The Morgan fingerprint density at radius 2 is 1.52 bits per heavy atom. The predicted molar refractivity (Wildman–Crippen MR) is 76.0 cm³/mol. The maximum absolute atomic E-state index is 11.6. The van der Waals surface area contributed by atoms with Crippen molar-refractivity contribution in [2.75, 3.05) is 5.32 Å². The summed E-state index contributed by atoms with van der Waals surface area (Å²) < 4.78 is 0. The number of phenolic OH excluding ortho intramolecular Hbond substituents is 2. The van der Waals surface area contributed by atoms with Gasteiger partial charge in [0.1, 0.15) is 0 Å². The molecule has 0 bridgehead atoms. The molecule has 0 aromatic heterocycles. The van der Waals surface area contributed by atoms with Gasteiger partial charge in [0.2, 0.25) is 11.8 Å². The van der Waals surface area contributed by atoms with E-state index in [1.54, 1.807) is 5.48 Å². The highest BCUT2D eigenvalue weighted by Crippen LogP contribution is 2.27. The number of phenols is 2. The Morgan fingerprint density at radius 3 is 2.10 bits per heavy atom. The molecule has 0 aliphatic rings. The Kier molecular flexibility index (Phi) is 7.03. The summed E-state index contributed by atoms with van der Waals surface area (Å²) in [4.78, 5) is 22.4. The second kappa shape index (κ2) is 8.80. The largest absolute Gasteiger partial charge is 0.504 e. The van der Waals surface area contributed by atoms with Gasteiger partial charge in [0.15, 0.2) is 11.5 Å². The van der Waals surface area contributed by atoms with E-state index in [1.807, 2.05) is 0 Å². The van der Waals surface area contributed by atoms with Crippen LogP contribution in [0.15, 0.2) is 18.2 Å². The summed E-state index contributed by atoms with van der Waals surface area (Å²) in [5, 5.41) is 29.4. The molecule has 0 heterocycles. The van der Waals surface area contributed by atoms with E-state index in [0.717, 1.165) is 12.8 Å². The molecule has 0 unspecified atom stereocenters. The lowest BCUT2D eigenvalue weighted by Crippen LogP contribution is -2.17. The minimum absolute atomic E-state index is 0.173. The van der Waals surface area contributed by atoms with Gasteiger partial charge in [-0.1, -0.05) is 12.8 Å². The number of benzene rings is 1. The number of anilines is 1. The Bertz CT molecular complexity index is 490. The van der Waals surface area contributed by atoms with Gasteiger partial charge in [0, 0.05) is 24.6 Å². The first-order valence-electron chi connectivity index (χ1n) is 6.77. The Balaban J connectivity index is 2.16. The number of carbonyl (C=O) groups excluding carboxylic acids is 2. The highest BCUT2D eigenvalue weighted by atomic mass is 16.5. The standard InChI is InChI=1S/C14H20N2O5/c17-11-8-7-10(9-12(11)18)15-13(19)5-3-1-2-4-6-14(20)16-21/h7-9,17-18,21H,1-6H2,(H,15,19)(H,16,20). The van der Waals surface area contributed by atoms with E-state index in [0.29, 0.717) is 24.9 Å². The van der Waals surface area contributed by atoms with Crippen molar-refractivity contribution >= 4 is 17.5 Å². The Hall–Kier alpha value is -2.28. The smallest absolute Gasteiger partial charge is 0.243 e. The third kappa shape index (κ3) is 6.62. The zero-order valence-electron chi connectivity index (χ0n) is 11.6. The molecule has 0 radical (unpaired) electrons. The fourth-order valence-corrected chi connectivity index (χ4v) is 1.81. The molecule has 21 heavy (non-hydrogen) atoms. The van der Waals surface area contributed by atoms with Gasteiger partial charge in [-0.2, -0.15) is 0 Å². The lowest BCUT2D eigenvalue weighted by molar-refractivity contribution is -0.129. The summed E-state index contributed by atoms with van der Waals surface area (Å²) in [6.07, 6.45) is 3.59. The molecule has 0 atom stereocenters. The van der Waals surface area contributed by atoms with E-state index in [4.69, 9.17) is 10.3 Å². The quantitative estimate of drug-likeness (QED) is 0.165. The summed E-state index contributed by atoms with van der Waals surface area (Å²) in [6.45, 7) is 0. The third-order valence-corrected chi connectivity index (χ3v) is 2.94. The van der Waals surface area contributed by atoms with Gasteiger partial charge in [-0.05, 0) is 25.0 Å². The van der Waals surface area contributed by atoms with Crippen LogP contribution in [0.25, 0.3) is 0 Å². The molecule has 1 rings (SSSR count). The lowest BCUT2D eigenvalue weighted by Gasteiger charge is -2.06. The summed E-state index contributed by atoms with van der Waals surface area (Å²) in [7, 11) is 0. The minimum Gasteiger partial charge on any atom is -0.504 e. The number of hydroxylamine groups is 1. The minimum atomic E-state index is -0.403. The Morgan fingerprint density at radius 1 is 0.905 bits per heavy atom. The van der Waals surface area contributed by atoms with E-state index < -0.39 is 5.91 Å². The molecule has 1 aromatic carbocycles. The van der Waals surface area contributed by atoms with Gasteiger partial charge in [-0.3, -0.25) is 14.8 Å². The molecule has 0 aliphatic carbocycles. The summed E-state index contributed by atoms with van der Waals surface area (Å²) >= 11 is 0. The number of amides is 2. The number of unbranched alkanes of at least 4 members (excludes halogenated alkanes) is 3. The van der Waals surface area contributed by atoms with E-state index >= 15 is 0 Å². The van der Waals surface area contributed by atoms with Crippen molar-refractivity contribution in [2.24, 2.45) is 0 Å². The SMILES string of the molecule is O=C(CCCCCCC(=O)Nc1ccc(O)c(O)c1)NO. The average Bonchev–Trinajstić information content (AvgIpc) is 2.46. The van der Waals surface area contributed by atoms with Crippen LogP contribution in [0.3, 0.4) is 0 Å². The fraction of sp³-hybridized carbons (Fsp3) is 0.429. The van der Waals surface area contributed by atoms with Crippen molar-refractivity contribution in [3.05, 3.63) is 18.2 Å². The molecule has 0 saturated heterocycles. The molecule has 0 fully saturated rings. The van der Waals surface area contributed by atoms with Gasteiger partial charge < -0.3 is 15.5 Å². The highest BCUT2D eigenvalue weighted by Gasteiger charge is 2.05. The van der Waals surface area contributed by atoms with Crippen LogP contribution in [-0.4, -0.2) is 27.2 Å². The first-order valence-corrected chi connectivity index (χ1v) is 6.77. The van der Waals surface area contributed by atoms with Crippen LogP contribution in [0.2, 0.25) is 0 Å². The van der Waals surface area contributed by atoms with Crippen molar-refractivity contribution in [1.29, 1.82) is 0 Å². The predicted octanol–water partition coefficient (Wildman–Crippen LogP) is 1.88. The van der Waals surface area contributed by atoms with Crippen LogP contribution in [0, 0.1) is 0 Å². The van der Waals surface area contributed by atoms with Crippen LogP contribution in [0.5, 0.6) is 11.5 Å². The first-order chi connectivity index (χ1) is 10.0. The maximum Gasteiger partial charge on any atom is 0.243 e. The molecule has 2 amide bonds.